The molecule has 0 aliphatic rings. The van der Waals surface area contributed by atoms with E-state index in [2.05, 4.69) is 19.2 Å². The molecule has 2 aromatic carbocycles. The summed E-state index contributed by atoms with van der Waals surface area (Å²) in [4.78, 5) is 12.7. The van der Waals surface area contributed by atoms with E-state index in [0.717, 1.165) is 17.7 Å². The molecule has 24 heavy (non-hydrogen) atoms. The summed E-state index contributed by atoms with van der Waals surface area (Å²) < 4.78 is 19.4. The average Bonchev–Trinajstić information content (AvgIpc) is 2.93. The standard InChI is InChI=1S/C20H20FNO2/c1-4-12(2)14-8-5-6-11-17(14)22-20(23)18-13(3)15-9-7-10-16(21)19(15)24-18/h5-12H,4H2,1-3H3,(H,22,23)/t12-/m0/s1. The van der Waals surface area contributed by atoms with Crippen LogP contribution in [-0.4, -0.2) is 5.91 Å². The lowest BCUT2D eigenvalue weighted by molar-refractivity contribution is 0.0997. The van der Waals surface area contributed by atoms with E-state index in [1.807, 2.05) is 24.3 Å². The first-order valence-corrected chi connectivity index (χ1v) is 8.10. The van der Waals surface area contributed by atoms with Gasteiger partial charge < -0.3 is 9.73 Å². The van der Waals surface area contributed by atoms with Crippen molar-refractivity contribution in [1.29, 1.82) is 0 Å². The van der Waals surface area contributed by atoms with Gasteiger partial charge in [-0.25, -0.2) is 4.39 Å². The van der Waals surface area contributed by atoms with Gasteiger partial charge in [0.1, 0.15) is 0 Å². The minimum Gasteiger partial charge on any atom is -0.448 e. The molecule has 3 aromatic rings. The summed E-state index contributed by atoms with van der Waals surface area (Å²) >= 11 is 0. The molecular weight excluding hydrogens is 305 g/mol. The Morgan fingerprint density at radius 1 is 1.21 bits per heavy atom. The molecule has 0 saturated heterocycles. The van der Waals surface area contributed by atoms with Gasteiger partial charge in [-0.05, 0) is 37.0 Å². The van der Waals surface area contributed by atoms with Crippen LogP contribution < -0.4 is 5.32 Å². The quantitative estimate of drug-likeness (QED) is 0.674. The highest BCUT2D eigenvalue weighted by Crippen LogP contribution is 2.30. The minimum absolute atomic E-state index is 0.121. The van der Waals surface area contributed by atoms with Gasteiger partial charge in [-0.15, -0.1) is 0 Å². The van der Waals surface area contributed by atoms with Crippen molar-refractivity contribution in [1.82, 2.24) is 0 Å². The fourth-order valence-electron chi connectivity index (χ4n) is 2.86. The molecule has 0 unspecified atom stereocenters. The highest BCUT2D eigenvalue weighted by molar-refractivity contribution is 6.06. The number of fused-ring (bicyclic) bond motifs is 1. The Morgan fingerprint density at radius 2 is 1.96 bits per heavy atom. The van der Waals surface area contributed by atoms with Crippen molar-refractivity contribution < 1.29 is 13.6 Å². The first-order chi connectivity index (χ1) is 11.5. The molecule has 0 saturated carbocycles. The van der Waals surface area contributed by atoms with Crippen LogP contribution in [0.1, 0.15) is 47.9 Å². The van der Waals surface area contributed by atoms with Gasteiger partial charge in [0.25, 0.3) is 5.91 Å². The number of para-hydroxylation sites is 2. The summed E-state index contributed by atoms with van der Waals surface area (Å²) in [5, 5.41) is 3.53. The third-order valence-corrected chi connectivity index (χ3v) is 4.47. The van der Waals surface area contributed by atoms with E-state index in [1.54, 1.807) is 19.1 Å². The first kappa shape index (κ1) is 16.2. The lowest BCUT2D eigenvalue weighted by Gasteiger charge is -2.15. The van der Waals surface area contributed by atoms with E-state index >= 15 is 0 Å². The maximum absolute atomic E-state index is 13.9. The number of carbonyl (C=O) groups is 1. The van der Waals surface area contributed by atoms with Crippen LogP contribution in [0.5, 0.6) is 0 Å². The van der Waals surface area contributed by atoms with Crippen LogP contribution in [0.4, 0.5) is 10.1 Å². The van der Waals surface area contributed by atoms with Crippen LogP contribution in [0.2, 0.25) is 0 Å². The fraction of sp³-hybridized carbons (Fsp3) is 0.250. The highest BCUT2D eigenvalue weighted by atomic mass is 19.1. The minimum atomic E-state index is -0.463. The zero-order valence-electron chi connectivity index (χ0n) is 14.0. The number of hydrogen-bond donors (Lipinski definition) is 1. The molecule has 1 heterocycles. The van der Waals surface area contributed by atoms with Gasteiger partial charge in [0.05, 0.1) is 0 Å². The largest absolute Gasteiger partial charge is 0.448 e. The Balaban J connectivity index is 1.97. The van der Waals surface area contributed by atoms with Crippen LogP contribution in [0.15, 0.2) is 46.9 Å². The van der Waals surface area contributed by atoms with Crippen molar-refractivity contribution in [3.8, 4) is 0 Å². The zero-order chi connectivity index (χ0) is 17.3. The van der Waals surface area contributed by atoms with Gasteiger partial charge in [-0.1, -0.05) is 44.2 Å². The maximum Gasteiger partial charge on any atom is 0.291 e. The van der Waals surface area contributed by atoms with Gasteiger partial charge >= 0.3 is 0 Å². The van der Waals surface area contributed by atoms with Crippen molar-refractivity contribution in [2.24, 2.45) is 0 Å². The second-order valence-electron chi connectivity index (χ2n) is 6.02. The molecule has 0 radical (unpaired) electrons. The van der Waals surface area contributed by atoms with Crippen LogP contribution in [-0.2, 0) is 0 Å². The van der Waals surface area contributed by atoms with E-state index in [-0.39, 0.29) is 17.3 Å². The van der Waals surface area contributed by atoms with E-state index < -0.39 is 5.82 Å². The Labute approximate surface area is 140 Å². The molecule has 3 rings (SSSR count). The van der Waals surface area contributed by atoms with Gasteiger partial charge in [0, 0.05) is 16.6 Å². The molecule has 1 aromatic heterocycles. The number of furan rings is 1. The lowest BCUT2D eigenvalue weighted by atomic mass is 9.97. The predicted octanol–water partition coefficient (Wildman–Crippen LogP) is 5.65. The summed E-state index contributed by atoms with van der Waals surface area (Å²) in [5.41, 5.74) is 2.60. The number of rotatable bonds is 4. The Bertz CT molecular complexity index is 898. The van der Waals surface area contributed by atoms with Crippen LogP contribution in [0.25, 0.3) is 11.0 Å². The highest BCUT2D eigenvalue weighted by Gasteiger charge is 2.20. The Kier molecular flexibility index (Phi) is 4.38. The topological polar surface area (TPSA) is 42.2 Å². The predicted molar refractivity (Wildman–Crippen MR) is 94.0 cm³/mol. The van der Waals surface area contributed by atoms with Crippen molar-refractivity contribution >= 4 is 22.6 Å². The van der Waals surface area contributed by atoms with Crippen LogP contribution in [0, 0.1) is 12.7 Å². The number of amides is 1. The SMILES string of the molecule is CC[C@H](C)c1ccccc1NC(=O)c1oc2c(F)cccc2c1C. The molecule has 0 fully saturated rings. The molecule has 1 N–H and O–H groups in total. The van der Waals surface area contributed by atoms with Gasteiger partial charge in [-0.2, -0.15) is 0 Å². The molecule has 0 aliphatic carbocycles. The fourth-order valence-corrected chi connectivity index (χ4v) is 2.86. The van der Waals surface area contributed by atoms with E-state index in [1.165, 1.54) is 6.07 Å². The number of benzene rings is 2. The van der Waals surface area contributed by atoms with E-state index in [9.17, 15) is 9.18 Å². The zero-order valence-corrected chi connectivity index (χ0v) is 14.0. The number of anilines is 1. The molecule has 0 aliphatic heterocycles. The van der Waals surface area contributed by atoms with Crippen LogP contribution in [0.3, 0.4) is 0 Å². The lowest BCUT2D eigenvalue weighted by Crippen LogP contribution is -2.14. The molecule has 1 amide bonds. The molecule has 1 atom stereocenters. The van der Waals surface area contributed by atoms with Gasteiger partial charge in [-0.3, -0.25) is 4.79 Å². The summed E-state index contributed by atoms with van der Waals surface area (Å²) in [5.74, 6) is -0.349. The molecule has 0 bridgehead atoms. The second-order valence-corrected chi connectivity index (χ2v) is 6.02. The molecule has 124 valence electrons. The van der Waals surface area contributed by atoms with Crippen molar-refractivity contribution in [3.63, 3.8) is 0 Å². The maximum atomic E-state index is 13.9. The third kappa shape index (κ3) is 2.80. The number of nitrogens with one attached hydrogen (secondary N) is 1. The second kappa shape index (κ2) is 6.48. The molecule has 4 heteroatoms. The number of aryl methyl sites for hydroxylation is 1. The molecule has 3 nitrogen and oxygen atoms in total. The van der Waals surface area contributed by atoms with Crippen molar-refractivity contribution in [2.75, 3.05) is 5.32 Å². The summed E-state index contributed by atoms with van der Waals surface area (Å²) in [6, 6.07) is 12.4. The Hall–Kier alpha value is -2.62. The summed E-state index contributed by atoms with van der Waals surface area (Å²) in [7, 11) is 0. The molecular formula is C20H20FNO2. The summed E-state index contributed by atoms with van der Waals surface area (Å²) in [6.07, 6.45) is 0.974. The first-order valence-electron chi connectivity index (χ1n) is 8.10. The number of halogens is 1. The van der Waals surface area contributed by atoms with Gasteiger partial charge in [0.15, 0.2) is 17.2 Å². The number of hydrogen-bond acceptors (Lipinski definition) is 2. The monoisotopic (exact) mass is 325 g/mol. The number of carbonyl (C=O) groups excluding carboxylic acids is 1. The van der Waals surface area contributed by atoms with Crippen molar-refractivity contribution in [3.05, 3.63) is 65.2 Å². The normalized spacial score (nSPS) is 12.3. The third-order valence-electron chi connectivity index (χ3n) is 4.47. The molecule has 0 spiro atoms. The Morgan fingerprint density at radius 3 is 2.67 bits per heavy atom. The van der Waals surface area contributed by atoms with Crippen LogP contribution >= 0.6 is 0 Å². The van der Waals surface area contributed by atoms with Gasteiger partial charge in [0.2, 0.25) is 0 Å². The average molecular weight is 325 g/mol. The van der Waals surface area contributed by atoms with E-state index in [4.69, 9.17) is 4.42 Å². The van der Waals surface area contributed by atoms with Crippen molar-refractivity contribution in [2.45, 2.75) is 33.1 Å². The smallest absolute Gasteiger partial charge is 0.291 e. The van der Waals surface area contributed by atoms with E-state index in [0.29, 0.717) is 16.9 Å². The summed E-state index contributed by atoms with van der Waals surface area (Å²) in [6.45, 7) is 5.99.